The molecule has 0 saturated carbocycles. The quantitative estimate of drug-likeness (QED) is 0.461. The monoisotopic (exact) mass is 446 g/mol. The van der Waals surface area contributed by atoms with E-state index in [-0.39, 0.29) is 30.4 Å². The topological polar surface area (TPSA) is 81.4 Å². The molecule has 1 atom stereocenters. The Labute approximate surface area is 192 Å². The van der Waals surface area contributed by atoms with Crippen LogP contribution >= 0.6 is 0 Å². The number of rotatable bonds is 6. The van der Waals surface area contributed by atoms with Gasteiger partial charge in [-0.05, 0) is 0 Å². The average molecular weight is 447 g/mol. The first kappa shape index (κ1) is 21.4. The Morgan fingerprint density at radius 2 is 1.64 bits per heavy atom. The van der Waals surface area contributed by atoms with Gasteiger partial charge in [0.25, 0.3) is 5.91 Å². The molecule has 1 amide bonds. The molecule has 3 saturated heterocycles. The van der Waals surface area contributed by atoms with Gasteiger partial charge in [-0.1, -0.05) is 65.8 Å². The van der Waals surface area contributed by atoms with Crippen molar-refractivity contribution >= 4 is 17.7 Å². The minimum absolute atomic E-state index is 0.137. The number of anilines is 1. The van der Waals surface area contributed by atoms with Crippen molar-refractivity contribution in [2.45, 2.75) is 31.4 Å². The summed E-state index contributed by atoms with van der Waals surface area (Å²) in [7, 11) is 0. The Balaban J connectivity index is 1.69. The van der Waals surface area contributed by atoms with Gasteiger partial charge in [0.05, 0.1) is 13.1 Å². The van der Waals surface area contributed by atoms with Crippen molar-refractivity contribution in [1.82, 2.24) is 5.16 Å². The van der Waals surface area contributed by atoms with Gasteiger partial charge in [0, 0.05) is 42.9 Å². The number of fused-ring (bicyclic) bond motifs is 3. The van der Waals surface area contributed by atoms with E-state index in [2.05, 4.69) is 34.7 Å². The molecule has 2 aromatic carbocycles. The number of hydrogen-bond donors (Lipinski definition) is 1. The molecule has 1 N–H and O–H groups in total. The minimum Gasteiger partial charge on any atom is -0.455 e. The Morgan fingerprint density at radius 1 is 1.03 bits per heavy atom. The molecule has 33 heavy (non-hydrogen) atoms. The smallest absolute Gasteiger partial charge is 0.303 e. The highest BCUT2D eigenvalue weighted by molar-refractivity contribution is 5.90. The molecule has 3 fully saturated rings. The molecule has 170 valence electrons. The molecule has 0 aliphatic carbocycles. The maximum absolute atomic E-state index is 13.3. The summed E-state index contributed by atoms with van der Waals surface area (Å²) >= 11 is 0. The van der Waals surface area contributed by atoms with Gasteiger partial charge in [0.2, 0.25) is 0 Å². The van der Waals surface area contributed by atoms with Crippen LogP contribution in [0.2, 0.25) is 0 Å². The van der Waals surface area contributed by atoms with E-state index in [4.69, 9.17) is 9.26 Å². The van der Waals surface area contributed by atoms with Crippen molar-refractivity contribution in [2.75, 3.05) is 25.0 Å². The first-order valence-electron chi connectivity index (χ1n) is 11.4. The van der Waals surface area contributed by atoms with Gasteiger partial charge >= 0.3 is 5.97 Å². The summed E-state index contributed by atoms with van der Waals surface area (Å²) in [6.07, 6.45) is 2.86. The number of esters is 1. The molecule has 3 aromatic rings. The van der Waals surface area contributed by atoms with Crippen molar-refractivity contribution in [3.63, 3.8) is 0 Å². The standard InChI is InChI=1S/C26H27N3O4/c1-19(30)33-25-20-12-15-29(16-13-20,18-24(31)27-23-14-17-32-28-23)26(25,21-8-4-2-5-9-21)22-10-6-3-7-11-22/h2-11,14,17,20,25H,12-13,15-16,18H2,1H3/p+1. The van der Waals surface area contributed by atoms with Crippen LogP contribution in [0.1, 0.15) is 30.9 Å². The van der Waals surface area contributed by atoms with E-state index in [0.717, 1.165) is 37.1 Å². The lowest BCUT2D eigenvalue weighted by Crippen LogP contribution is -2.77. The summed E-state index contributed by atoms with van der Waals surface area (Å²) in [5.41, 5.74) is 1.42. The van der Waals surface area contributed by atoms with Crippen LogP contribution in [0.4, 0.5) is 5.82 Å². The summed E-state index contributed by atoms with van der Waals surface area (Å²) < 4.78 is 11.5. The first-order valence-corrected chi connectivity index (χ1v) is 11.4. The third-order valence-corrected chi connectivity index (χ3v) is 7.32. The maximum Gasteiger partial charge on any atom is 0.303 e. The van der Waals surface area contributed by atoms with Crippen molar-refractivity contribution in [3.05, 3.63) is 84.1 Å². The van der Waals surface area contributed by atoms with Crippen LogP contribution < -0.4 is 5.32 Å². The van der Waals surface area contributed by atoms with Gasteiger partial charge < -0.3 is 19.1 Å². The fourth-order valence-corrected chi connectivity index (χ4v) is 6.15. The number of quaternary nitrogens is 1. The SMILES string of the molecule is CC(=O)OC1C2CC[N+](CC(=O)Nc3ccon3)(CC2)C1(c1ccccc1)c1ccccc1. The van der Waals surface area contributed by atoms with E-state index < -0.39 is 5.54 Å². The molecule has 1 aromatic heterocycles. The molecule has 3 aliphatic rings. The number of ether oxygens (including phenoxy) is 1. The van der Waals surface area contributed by atoms with Crippen LogP contribution in [0.25, 0.3) is 0 Å². The predicted octanol–water partition coefficient (Wildman–Crippen LogP) is 3.73. The Hall–Kier alpha value is -3.45. The van der Waals surface area contributed by atoms with Crippen molar-refractivity contribution in [3.8, 4) is 0 Å². The molecule has 7 heteroatoms. The Bertz CT molecular complexity index is 1070. The highest BCUT2D eigenvalue weighted by Crippen LogP contribution is 2.56. The number of amides is 1. The zero-order valence-corrected chi connectivity index (χ0v) is 18.6. The maximum atomic E-state index is 13.3. The fraction of sp³-hybridized carbons (Fsp3) is 0.346. The van der Waals surface area contributed by atoms with Crippen LogP contribution in [-0.2, 0) is 19.9 Å². The van der Waals surface area contributed by atoms with Gasteiger partial charge in [0.15, 0.2) is 24.0 Å². The molecule has 6 rings (SSSR count). The van der Waals surface area contributed by atoms with E-state index >= 15 is 0 Å². The molecule has 3 aliphatic heterocycles. The molecule has 1 unspecified atom stereocenters. The van der Waals surface area contributed by atoms with Crippen LogP contribution in [-0.4, -0.2) is 47.3 Å². The van der Waals surface area contributed by atoms with Gasteiger partial charge in [-0.15, -0.1) is 0 Å². The average Bonchev–Trinajstić information content (AvgIpc) is 3.33. The molecule has 2 bridgehead atoms. The summed E-state index contributed by atoms with van der Waals surface area (Å²) in [5, 5.41) is 6.71. The van der Waals surface area contributed by atoms with Crippen molar-refractivity contribution < 1.29 is 23.3 Å². The highest BCUT2D eigenvalue weighted by atomic mass is 16.5. The number of carbonyl (C=O) groups excluding carboxylic acids is 2. The summed E-state index contributed by atoms with van der Waals surface area (Å²) in [6.45, 7) is 3.35. The van der Waals surface area contributed by atoms with Crippen LogP contribution in [0.5, 0.6) is 0 Å². The van der Waals surface area contributed by atoms with Crippen LogP contribution in [0, 0.1) is 5.92 Å². The second-order valence-corrected chi connectivity index (χ2v) is 9.05. The van der Waals surface area contributed by atoms with Crippen LogP contribution in [0.15, 0.2) is 77.5 Å². The number of piperidine rings is 3. The predicted molar refractivity (Wildman–Crippen MR) is 122 cm³/mol. The van der Waals surface area contributed by atoms with Crippen molar-refractivity contribution in [1.29, 1.82) is 0 Å². The third-order valence-electron chi connectivity index (χ3n) is 7.32. The molecular formula is C26H28N3O4+. The number of carbonyl (C=O) groups is 2. The van der Waals surface area contributed by atoms with E-state index in [0.29, 0.717) is 10.3 Å². The van der Waals surface area contributed by atoms with Crippen molar-refractivity contribution in [2.24, 2.45) is 5.92 Å². The lowest BCUT2D eigenvalue weighted by atomic mass is 9.63. The third kappa shape index (κ3) is 3.53. The zero-order chi connectivity index (χ0) is 22.9. The number of hydrogen-bond acceptors (Lipinski definition) is 5. The van der Waals surface area contributed by atoms with E-state index in [1.807, 2.05) is 36.4 Å². The van der Waals surface area contributed by atoms with E-state index in [1.165, 1.54) is 13.2 Å². The number of nitrogens with zero attached hydrogens (tertiary/aromatic N) is 2. The number of nitrogens with one attached hydrogen (secondary N) is 1. The van der Waals surface area contributed by atoms with Gasteiger partial charge in [-0.3, -0.25) is 9.59 Å². The molecule has 0 spiro atoms. The highest BCUT2D eigenvalue weighted by Gasteiger charge is 2.68. The summed E-state index contributed by atoms with van der Waals surface area (Å²) in [6, 6.07) is 22.0. The second-order valence-electron chi connectivity index (χ2n) is 9.05. The lowest BCUT2D eigenvalue weighted by Gasteiger charge is -2.64. The van der Waals surface area contributed by atoms with Gasteiger partial charge in [-0.25, -0.2) is 0 Å². The van der Waals surface area contributed by atoms with E-state index in [9.17, 15) is 9.59 Å². The Morgan fingerprint density at radius 3 is 2.15 bits per heavy atom. The van der Waals surface area contributed by atoms with Gasteiger partial charge in [-0.2, -0.15) is 0 Å². The zero-order valence-electron chi connectivity index (χ0n) is 18.6. The summed E-state index contributed by atoms with van der Waals surface area (Å²) in [4.78, 5) is 25.7. The van der Waals surface area contributed by atoms with Crippen LogP contribution in [0.3, 0.4) is 0 Å². The Kier molecular flexibility index (Phi) is 5.50. The molecule has 4 heterocycles. The first-order chi connectivity index (χ1) is 16.0. The second kappa shape index (κ2) is 8.48. The molecule has 7 nitrogen and oxygen atoms in total. The molecule has 0 radical (unpaired) electrons. The number of aromatic nitrogens is 1. The lowest BCUT2D eigenvalue weighted by molar-refractivity contribution is -0.990. The fourth-order valence-electron chi connectivity index (χ4n) is 6.15. The largest absolute Gasteiger partial charge is 0.455 e. The summed E-state index contributed by atoms with van der Waals surface area (Å²) in [5.74, 6) is 0.191. The normalized spacial score (nSPS) is 25.4. The van der Waals surface area contributed by atoms with E-state index in [1.54, 1.807) is 6.07 Å². The molecular weight excluding hydrogens is 418 g/mol. The number of benzene rings is 2. The van der Waals surface area contributed by atoms with Gasteiger partial charge in [0.1, 0.15) is 6.26 Å². The minimum atomic E-state index is -0.698.